The monoisotopic (exact) mass is 242 g/mol. The van der Waals surface area contributed by atoms with E-state index in [0.29, 0.717) is 17.0 Å². The van der Waals surface area contributed by atoms with E-state index in [2.05, 4.69) is 6.07 Å². The van der Waals surface area contributed by atoms with E-state index in [4.69, 9.17) is 22.6 Å². The SMILES string of the molecule is Cl.N#Cc1ccc(Cl)cc1C1CC(N)C1. The summed E-state index contributed by atoms with van der Waals surface area (Å²) in [5.74, 6) is 0.429. The Kier molecular flexibility index (Phi) is 3.98. The van der Waals surface area contributed by atoms with E-state index in [1.165, 1.54) is 0 Å². The van der Waals surface area contributed by atoms with Crippen LogP contribution in [0.1, 0.15) is 29.9 Å². The summed E-state index contributed by atoms with van der Waals surface area (Å²) in [6.45, 7) is 0. The second-order valence-electron chi connectivity index (χ2n) is 3.77. The fourth-order valence-corrected chi connectivity index (χ4v) is 2.07. The van der Waals surface area contributed by atoms with Crippen LogP contribution in [0.5, 0.6) is 0 Å². The molecule has 80 valence electrons. The van der Waals surface area contributed by atoms with Gasteiger partial charge in [-0.05, 0) is 42.5 Å². The summed E-state index contributed by atoms with van der Waals surface area (Å²) < 4.78 is 0. The average Bonchev–Trinajstić information content (AvgIpc) is 2.13. The van der Waals surface area contributed by atoms with Crippen LogP contribution in [0.25, 0.3) is 0 Å². The normalized spacial score (nSPS) is 23.5. The van der Waals surface area contributed by atoms with Gasteiger partial charge in [-0.1, -0.05) is 11.6 Å². The van der Waals surface area contributed by atoms with Crippen molar-refractivity contribution in [2.24, 2.45) is 5.73 Å². The summed E-state index contributed by atoms with van der Waals surface area (Å²) in [6.07, 6.45) is 1.93. The van der Waals surface area contributed by atoms with E-state index >= 15 is 0 Å². The number of nitrogens with two attached hydrogens (primary N) is 1. The summed E-state index contributed by atoms with van der Waals surface area (Å²) in [7, 11) is 0. The topological polar surface area (TPSA) is 49.8 Å². The molecule has 1 saturated carbocycles. The maximum atomic E-state index is 8.92. The van der Waals surface area contributed by atoms with Crippen molar-refractivity contribution < 1.29 is 0 Å². The molecule has 0 spiro atoms. The molecule has 0 saturated heterocycles. The average molecular weight is 243 g/mol. The van der Waals surface area contributed by atoms with Gasteiger partial charge in [0.05, 0.1) is 11.6 Å². The molecule has 1 aliphatic carbocycles. The maximum absolute atomic E-state index is 8.92. The summed E-state index contributed by atoms with van der Waals surface area (Å²) in [5, 5.41) is 9.61. The van der Waals surface area contributed by atoms with Gasteiger partial charge in [-0.3, -0.25) is 0 Å². The molecule has 1 aromatic carbocycles. The Balaban J connectivity index is 0.00000112. The molecule has 0 aliphatic heterocycles. The first-order valence-electron chi connectivity index (χ1n) is 4.66. The van der Waals surface area contributed by atoms with Crippen molar-refractivity contribution >= 4 is 24.0 Å². The number of hydrogen-bond acceptors (Lipinski definition) is 2. The maximum Gasteiger partial charge on any atom is 0.0994 e. The molecule has 0 radical (unpaired) electrons. The van der Waals surface area contributed by atoms with Crippen molar-refractivity contribution in [2.45, 2.75) is 24.8 Å². The van der Waals surface area contributed by atoms with Gasteiger partial charge in [-0.15, -0.1) is 12.4 Å². The Hall–Kier alpha value is -0.750. The highest BCUT2D eigenvalue weighted by Crippen LogP contribution is 2.38. The van der Waals surface area contributed by atoms with E-state index < -0.39 is 0 Å². The molecule has 1 aliphatic rings. The van der Waals surface area contributed by atoms with Crippen LogP contribution in [0.3, 0.4) is 0 Å². The van der Waals surface area contributed by atoms with Crippen LogP contribution in [-0.4, -0.2) is 6.04 Å². The van der Waals surface area contributed by atoms with Crippen LogP contribution in [0.4, 0.5) is 0 Å². The van der Waals surface area contributed by atoms with Crippen molar-refractivity contribution in [3.63, 3.8) is 0 Å². The zero-order valence-electron chi connectivity index (χ0n) is 8.11. The van der Waals surface area contributed by atoms with E-state index in [0.717, 1.165) is 24.0 Å². The Labute approximate surface area is 100 Å². The van der Waals surface area contributed by atoms with Crippen LogP contribution in [-0.2, 0) is 0 Å². The Morgan fingerprint density at radius 2 is 2.07 bits per heavy atom. The van der Waals surface area contributed by atoms with E-state index in [1.54, 1.807) is 12.1 Å². The Bertz CT molecular complexity index is 392. The third kappa shape index (κ3) is 2.43. The van der Waals surface area contributed by atoms with E-state index in [-0.39, 0.29) is 12.4 Å². The van der Waals surface area contributed by atoms with Crippen LogP contribution in [0, 0.1) is 11.3 Å². The van der Waals surface area contributed by atoms with Gasteiger partial charge in [-0.2, -0.15) is 5.26 Å². The summed E-state index contributed by atoms with van der Waals surface area (Å²) in [4.78, 5) is 0. The predicted molar refractivity (Wildman–Crippen MR) is 63.4 cm³/mol. The molecule has 4 heteroatoms. The first kappa shape index (κ1) is 12.3. The molecular formula is C11H12Cl2N2. The second-order valence-corrected chi connectivity index (χ2v) is 4.21. The Morgan fingerprint density at radius 3 is 2.60 bits per heavy atom. The smallest absolute Gasteiger partial charge is 0.0994 e. The lowest BCUT2D eigenvalue weighted by molar-refractivity contribution is 0.351. The van der Waals surface area contributed by atoms with Crippen molar-refractivity contribution in [3.05, 3.63) is 34.3 Å². The zero-order valence-corrected chi connectivity index (χ0v) is 9.68. The van der Waals surface area contributed by atoms with Crippen LogP contribution in [0.2, 0.25) is 5.02 Å². The largest absolute Gasteiger partial charge is 0.328 e. The number of hydrogen-bond donors (Lipinski definition) is 1. The third-order valence-electron chi connectivity index (χ3n) is 2.75. The van der Waals surface area contributed by atoms with Crippen molar-refractivity contribution in [1.29, 1.82) is 5.26 Å². The molecule has 15 heavy (non-hydrogen) atoms. The van der Waals surface area contributed by atoms with Gasteiger partial charge in [0.25, 0.3) is 0 Å². The van der Waals surface area contributed by atoms with E-state index in [1.807, 2.05) is 6.07 Å². The molecule has 2 nitrogen and oxygen atoms in total. The van der Waals surface area contributed by atoms with E-state index in [9.17, 15) is 0 Å². The number of nitrogens with zero attached hydrogens (tertiary/aromatic N) is 1. The molecule has 2 rings (SSSR count). The molecule has 0 heterocycles. The first-order valence-corrected chi connectivity index (χ1v) is 5.03. The lowest BCUT2D eigenvalue weighted by Crippen LogP contribution is -2.35. The van der Waals surface area contributed by atoms with Gasteiger partial charge in [-0.25, -0.2) is 0 Å². The standard InChI is InChI=1S/C11H11ClN2.ClH/c12-9-2-1-7(6-13)11(5-9)8-3-10(14)4-8;/h1-2,5,8,10H,3-4,14H2;1H. The minimum atomic E-state index is 0. The highest BCUT2D eigenvalue weighted by atomic mass is 35.5. The predicted octanol–water partition coefficient (Wildman–Crippen LogP) is 2.84. The molecule has 1 aromatic rings. The van der Waals surface area contributed by atoms with Gasteiger partial charge in [0.2, 0.25) is 0 Å². The molecule has 0 aromatic heterocycles. The zero-order chi connectivity index (χ0) is 10.1. The second kappa shape index (κ2) is 4.85. The number of benzene rings is 1. The van der Waals surface area contributed by atoms with Crippen LogP contribution >= 0.6 is 24.0 Å². The minimum Gasteiger partial charge on any atom is -0.328 e. The van der Waals surface area contributed by atoms with Crippen molar-refractivity contribution in [3.8, 4) is 6.07 Å². The van der Waals surface area contributed by atoms with Gasteiger partial charge in [0.15, 0.2) is 0 Å². The lowest BCUT2D eigenvalue weighted by atomic mass is 9.75. The highest BCUT2D eigenvalue weighted by Gasteiger charge is 2.29. The van der Waals surface area contributed by atoms with Crippen molar-refractivity contribution in [1.82, 2.24) is 0 Å². The third-order valence-corrected chi connectivity index (χ3v) is 2.98. The molecule has 0 bridgehead atoms. The molecule has 1 fully saturated rings. The van der Waals surface area contributed by atoms with Gasteiger partial charge >= 0.3 is 0 Å². The number of rotatable bonds is 1. The fraction of sp³-hybridized carbons (Fsp3) is 0.364. The molecule has 0 unspecified atom stereocenters. The fourth-order valence-electron chi connectivity index (χ4n) is 1.89. The summed E-state index contributed by atoms with van der Waals surface area (Å²) in [6, 6.07) is 7.90. The first-order chi connectivity index (χ1) is 6.70. The van der Waals surface area contributed by atoms with Crippen LogP contribution < -0.4 is 5.73 Å². The highest BCUT2D eigenvalue weighted by molar-refractivity contribution is 6.30. The minimum absolute atomic E-state index is 0. The van der Waals surface area contributed by atoms with Crippen LogP contribution in [0.15, 0.2) is 18.2 Å². The number of halogens is 2. The van der Waals surface area contributed by atoms with Gasteiger partial charge in [0, 0.05) is 11.1 Å². The summed E-state index contributed by atoms with van der Waals surface area (Å²) >= 11 is 5.89. The summed E-state index contributed by atoms with van der Waals surface area (Å²) in [5.41, 5.74) is 7.51. The molecule has 2 N–H and O–H groups in total. The molecule has 0 amide bonds. The van der Waals surface area contributed by atoms with Gasteiger partial charge < -0.3 is 5.73 Å². The Morgan fingerprint density at radius 1 is 1.40 bits per heavy atom. The molecular weight excluding hydrogens is 231 g/mol. The quantitative estimate of drug-likeness (QED) is 0.824. The lowest BCUT2D eigenvalue weighted by Gasteiger charge is -2.33. The van der Waals surface area contributed by atoms with Crippen molar-refractivity contribution in [2.75, 3.05) is 0 Å². The molecule has 0 atom stereocenters. The van der Waals surface area contributed by atoms with Gasteiger partial charge in [0.1, 0.15) is 0 Å². The number of nitriles is 1.